The minimum atomic E-state index is -4.63. The first-order chi connectivity index (χ1) is 25.1. The summed E-state index contributed by atoms with van der Waals surface area (Å²) in [5, 5.41) is 18.3. The zero-order valence-electron chi connectivity index (χ0n) is 32.4. The van der Waals surface area contributed by atoms with Crippen LogP contribution in [0.15, 0.2) is 36.5 Å². The van der Waals surface area contributed by atoms with E-state index in [0.29, 0.717) is 31.5 Å². The van der Waals surface area contributed by atoms with Crippen LogP contribution in [-0.4, -0.2) is 77.9 Å². The molecule has 0 aliphatic carbocycles. The van der Waals surface area contributed by atoms with Crippen LogP contribution in [0.1, 0.15) is 149 Å². The summed E-state index contributed by atoms with van der Waals surface area (Å²) in [5.41, 5.74) is 0. The lowest BCUT2D eigenvalue weighted by molar-refractivity contribution is -0.161. The van der Waals surface area contributed by atoms with Crippen molar-refractivity contribution in [2.24, 2.45) is 5.92 Å². The van der Waals surface area contributed by atoms with Crippen molar-refractivity contribution in [2.45, 2.75) is 174 Å². The number of esters is 2. The molecule has 0 radical (unpaired) electrons. The summed E-state index contributed by atoms with van der Waals surface area (Å²) in [6.45, 7) is 4.52. The van der Waals surface area contributed by atoms with E-state index in [1.54, 1.807) is 0 Å². The lowest BCUT2D eigenvalue weighted by Crippen LogP contribution is -2.29. The predicted octanol–water partition coefficient (Wildman–Crippen LogP) is 8.84. The Hall–Kier alpha value is -1.85. The SMILES string of the molecule is CCCCC/C=C\CC1OC1C/C=C\C/C=C\CCCC(=O)OC[C@H](COP(=O)(O)OC[C@@H](O)CO)OC(=O)CCCCCCCCCCC(C)C. The van der Waals surface area contributed by atoms with Gasteiger partial charge in [-0.3, -0.25) is 18.6 Å². The Morgan fingerprint density at radius 1 is 0.731 bits per heavy atom. The molecule has 1 rings (SSSR count). The standard InChI is InChI=1S/C40H71O11P/c1-4-5-6-7-16-21-26-37-38(51-37)27-22-17-12-10-14-18-23-28-39(43)47-32-36(33-49-52(45,46)48-31-35(42)30-41)50-40(44)29-24-19-13-9-8-11-15-20-25-34(2)3/h10,14,16-17,21-22,34-38,41-42H,4-9,11-13,15,18-20,23-33H2,1-3H3,(H,45,46)/b14-10-,21-16-,22-17-/t35-,36+,37?,38?/m0/s1. The highest BCUT2D eigenvalue weighted by molar-refractivity contribution is 7.47. The van der Waals surface area contributed by atoms with E-state index < -0.39 is 51.8 Å². The monoisotopic (exact) mass is 758 g/mol. The Morgan fingerprint density at radius 3 is 1.98 bits per heavy atom. The molecule has 11 nitrogen and oxygen atoms in total. The van der Waals surface area contributed by atoms with E-state index in [1.165, 1.54) is 51.4 Å². The number of aliphatic hydroxyl groups is 2. The zero-order chi connectivity index (χ0) is 38.3. The highest BCUT2D eigenvalue weighted by Gasteiger charge is 2.36. The molecule has 0 spiro atoms. The molecule has 0 bridgehead atoms. The molecule has 1 heterocycles. The van der Waals surface area contributed by atoms with Gasteiger partial charge in [0, 0.05) is 12.8 Å². The molecule has 1 aliphatic heterocycles. The number of carbonyl (C=O) groups is 2. The van der Waals surface area contributed by atoms with Crippen LogP contribution >= 0.6 is 7.82 Å². The first-order valence-electron chi connectivity index (χ1n) is 19.9. The zero-order valence-corrected chi connectivity index (χ0v) is 33.3. The first-order valence-corrected chi connectivity index (χ1v) is 21.4. The van der Waals surface area contributed by atoms with Gasteiger partial charge in [-0.15, -0.1) is 0 Å². The van der Waals surface area contributed by atoms with E-state index >= 15 is 0 Å². The van der Waals surface area contributed by atoms with Crippen molar-refractivity contribution in [3.8, 4) is 0 Å². The number of hydrogen-bond acceptors (Lipinski definition) is 10. The van der Waals surface area contributed by atoms with Gasteiger partial charge in [-0.2, -0.15) is 0 Å². The Labute approximate surface area is 314 Å². The van der Waals surface area contributed by atoms with Crippen molar-refractivity contribution < 1.29 is 52.5 Å². The van der Waals surface area contributed by atoms with Gasteiger partial charge in [0.2, 0.25) is 0 Å². The van der Waals surface area contributed by atoms with Crippen LogP contribution in [0.2, 0.25) is 0 Å². The van der Waals surface area contributed by atoms with Crippen molar-refractivity contribution in [2.75, 3.05) is 26.4 Å². The third-order valence-electron chi connectivity index (χ3n) is 8.63. The normalized spacial score (nSPS) is 18.4. The molecule has 0 aromatic carbocycles. The van der Waals surface area contributed by atoms with Crippen molar-refractivity contribution in [3.63, 3.8) is 0 Å². The highest BCUT2D eigenvalue weighted by Crippen LogP contribution is 2.43. The number of phosphoric ester groups is 1. The number of unbranched alkanes of at least 4 members (excludes halogenated alkanes) is 11. The number of hydrogen-bond donors (Lipinski definition) is 3. The molecule has 0 aromatic rings. The fraction of sp³-hybridized carbons (Fsp3) is 0.800. The van der Waals surface area contributed by atoms with Crippen LogP contribution in [0.4, 0.5) is 0 Å². The molecule has 3 N–H and O–H groups in total. The molecule has 1 fully saturated rings. The minimum absolute atomic E-state index is 0.160. The van der Waals surface area contributed by atoms with E-state index in [4.69, 9.17) is 23.8 Å². The number of carbonyl (C=O) groups excluding carboxylic acids is 2. The lowest BCUT2D eigenvalue weighted by atomic mass is 10.0. The average Bonchev–Trinajstić information content (AvgIpc) is 3.87. The summed E-state index contributed by atoms with van der Waals surface area (Å²) in [7, 11) is -4.63. The molecule has 302 valence electrons. The van der Waals surface area contributed by atoms with Crippen molar-refractivity contribution in [1.82, 2.24) is 0 Å². The third-order valence-corrected chi connectivity index (χ3v) is 9.58. The van der Waals surface area contributed by atoms with E-state index in [-0.39, 0.29) is 19.4 Å². The lowest BCUT2D eigenvalue weighted by Gasteiger charge is -2.20. The van der Waals surface area contributed by atoms with Gasteiger partial charge in [-0.1, -0.05) is 121 Å². The maximum absolute atomic E-state index is 12.5. The van der Waals surface area contributed by atoms with Crippen molar-refractivity contribution in [1.29, 1.82) is 0 Å². The molecule has 0 aromatic heterocycles. The van der Waals surface area contributed by atoms with E-state index in [9.17, 15) is 24.2 Å². The van der Waals surface area contributed by atoms with Crippen molar-refractivity contribution >= 4 is 19.8 Å². The maximum Gasteiger partial charge on any atom is 0.472 e. The van der Waals surface area contributed by atoms with E-state index in [1.807, 2.05) is 6.08 Å². The Balaban J connectivity index is 2.32. The highest BCUT2D eigenvalue weighted by atomic mass is 31.2. The molecule has 5 atom stereocenters. The van der Waals surface area contributed by atoms with Crippen LogP contribution in [-0.2, 0) is 37.4 Å². The smallest absolute Gasteiger partial charge is 0.462 e. The van der Waals surface area contributed by atoms with Crippen LogP contribution in [0, 0.1) is 5.92 Å². The van der Waals surface area contributed by atoms with Gasteiger partial charge in [-0.05, 0) is 57.3 Å². The second kappa shape index (κ2) is 31.5. The number of epoxide rings is 1. The van der Waals surface area contributed by atoms with Crippen LogP contribution < -0.4 is 0 Å². The van der Waals surface area contributed by atoms with Gasteiger partial charge in [0.25, 0.3) is 0 Å². The Morgan fingerprint density at radius 2 is 1.31 bits per heavy atom. The summed E-state index contributed by atoms with van der Waals surface area (Å²) in [5.74, 6) is -0.250. The van der Waals surface area contributed by atoms with Gasteiger partial charge < -0.3 is 29.3 Å². The number of rotatable bonds is 35. The Bertz CT molecular complexity index is 1040. The molecule has 1 aliphatic rings. The van der Waals surface area contributed by atoms with Crippen LogP contribution in [0.25, 0.3) is 0 Å². The first kappa shape index (κ1) is 48.2. The van der Waals surface area contributed by atoms with Crippen LogP contribution in [0.5, 0.6) is 0 Å². The average molecular weight is 759 g/mol. The third kappa shape index (κ3) is 29.6. The number of allylic oxidation sites excluding steroid dienone is 4. The molecule has 3 unspecified atom stereocenters. The predicted molar refractivity (Wildman–Crippen MR) is 205 cm³/mol. The molecule has 1 saturated heterocycles. The molecule has 52 heavy (non-hydrogen) atoms. The molecular weight excluding hydrogens is 687 g/mol. The van der Waals surface area contributed by atoms with Crippen molar-refractivity contribution in [3.05, 3.63) is 36.5 Å². The topological polar surface area (TPSA) is 161 Å². The van der Waals surface area contributed by atoms with Gasteiger partial charge in [0.1, 0.15) is 12.7 Å². The Kier molecular flexibility index (Phi) is 29.2. The molecule has 12 heteroatoms. The summed E-state index contributed by atoms with van der Waals surface area (Å²) >= 11 is 0. The summed E-state index contributed by atoms with van der Waals surface area (Å²) in [4.78, 5) is 34.8. The fourth-order valence-corrected chi connectivity index (χ4v) is 6.18. The van der Waals surface area contributed by atoms with Gasteiger partial charge in [-0.25, -0.2) is 4.57 Å². The number of phosphoric acid groups is 1. The quantitative estimate of drug-likeness (QED) is 0.0186. The van der Waals surface area contributed by atoms with Crippen LogP contribution in [0.3, 0.4) is 0 Å². The summed E-state index contributed by atoms with van der Waals surface area (Å²) in [6, 6.07) is 0. The summed E-state index contributed by atoms with van der Waals surface area (Å²) < 4.78 is 38.3. The summed E-state index contributed by atoms with van der Waals surface area (Å²) in [6.07, 6.45) is 30.2. The molecule has 0 saturated carbocycles. The number of ether oxygens (including phenoxy) is 3. The molecular formula is C40H71O11P. The second-order valence-corrected chi connectivity index (χ2v) is 15.6. The van der Waals surface area contributed by atoms with E-state index in [0.717, 1.165) is 50.9 Å². The maximum atomic E-state index is 12.5. The largest absolute Gasteiger partial charge is 0.472 e. The van der Waals surface area contributed by atoms with Gasteiger partial charge in [0.05, 0.1) is 32.0 Å². The van der Waals surface area contributed by atoms with Gasteiger partial charge in [0.15, 0.2) is 6.10 Å². The minimum Gasteiger partial charge on any atom is -0.462 e. The van der Waals surface area contributed by atoms with Gasteiger partial charge >= 0.3 is 19.8 Å². The fourth-order valence-electron chi connectivity index (χ4n) is 5.39. The number of aliphatic hydroxyl groups excluding tert-OH is 2. The van der Waals surface area contributed by atoms with E-state index in [2.05, 4.69) is 55.7 Å². The second-order valence-electron chi connectivity index (χ2n) is 14.2. The molecule has 0 amide bonds.